The molecule has 6 saturated carbocycles. The Kier molecular flexibility index (Phi) is 12.7. The molecular formula is C55H78N2O11. The number of aliphatic hydroxyl groups is 3. The van der Waals surface area contributed by atoms with Crippen molar-refractivity contribution in [1.82, 2.24) is 10.6 Å². The highest BCUT2D eigenvalue weighted by Crippen LogP contribution is 2.80. The van der Waals surface area contributed by atoms with Gasteiger partial charge < -0.3 is 49.6 Å². The number of allylic oxidation sites excluding steroid dienone is 4. The Balaban J connectivity index is 0.658. The maximum Gasteiger partial charge on any atom is 0.407 e. The number of amides is 2. The van der Waals surface area contributed by atoms with Crippen LogP contribution in [0.1, 0.15) is 144 Å². The van der Waals surface area contributed by atoms with Gasteiger partial charge in [-0.05, 0) is 147 Å². The number of carbonyl (C=O) groups excluding carboxylic acids is 3. The zero-order valence-corrected chi connectivity index (χ0v) is 41.2. The number of epoxide rings is 2. The molecule has 0 aromatic carbocycles. The first-order chi connectivity index (χ1) is 32.5. The lowest BCUT2D eigenvalue weighted by Crippen LogP contribution is -2.72. The van der Waals surface area contributed by atoms with Crippen LogP contribution in [0.3, 0.4) is 0 Å². The summed E-state index contributed by atoms with van der Waals surface area (Å²) in [7, 11) is 0. The van der Waals surface area contributed by atoms with E-state index in [0.717, 1.165) is 86.5 Å². The van der Waals surface area contributed by atoms with Gasteiger partial charge in [-0.2, -0.15) is 0 Å². The third-order valence-electron chi connectivity index (χ3n) is 19.5. The average Bonchev–Trinajstić information content (AvgIpc) is 4.25. The number of alkyl carbamates (subject to hydrolysis) is 2. The zero-order valence-electron chi connectivity index (χ0n) is 41.2. The van der Waals surface area contributed by atoms with Crippen LogP contribution >= 0.6 is 0 Å². The van der Waals surface area contributed by atoms with Crippen molar-refractivity contribution in [3.63, 3.8) is 0 Å². The van der Waals surface area contributed by atoms with Gasteiger partial charge in [-0.15, -0.1) is 0 Å². The van der Waals surface area contributed by atoms with Crippen molar-refractivity contribution < 1.29 is 53.4 Å². The van der Waals surface area contributed by atoms with Crippen molar-refractivity contribution in [3.05, 3.63) is 58.7 Å². The molecule has 2 amide bonds. The summed E-state index contributed by atoms with van der Waals surface area (Å²) in [6.45, 7) is 16.3. The highest BCUT2D eigenvalue weighted by atomic mass is 16.7. The van der Waals surface area contributed by atoms with Crippen LogP contribution in [-0.4, -0.2) is 107 Å². The van der Waals surface area contributed by atoms with E-state index in [4.69, 9.17) is 23.7 Å². The summed E-state index contributed by atoms with van der Waals surface area (Å²) < 4.78 is 31.1. The lowest BCUT2D eigenvalue weighted by Gasteiger charge is -2.56. The molecular weight excluding hydrogens is 865 g/mol. The second-order valence-electron chi connectivity index (χ2n) is 23.5. The predicted octanol–water partition coefficient (Wildman–Crippen LogP) is 8.22. The van der Waals surface area contributed by atoms with Gasteiger partial charge >= 0.3 is 18.2 Å². The first-order valence-electron chi connectivity index (χ1n) is 26.5. The van der Waals surface area contributed by atoms with E-state index in [1.54, 1.807) is 0 Å². The van der Waals surface area contributed by atoms with Crippen LogP contribution in [0.2, 0.25) is 0 Å². The van der Waals surface area contributed by atoms with E-state index in [2.05, 4.69) is 62.3 Å². The Morgan fingerprint density at radius 1 is 0.897 bits per heavy atom. The maximum absolute atomic E-state index is 13.5. The largest absolute Gasteiger partial charge is 0.458 e. The number of hydrogen-bond donors (Lipinski definition) is 5. The second kappa shape index (κ2) is 18.0. The third-order valence-corrected chi connectivity index (χ3v) is 19.5. The summed E-state index contributed by atoms with van der Waals surface area (Å²) in [5.41, 5.74) is 1.92. The number of hydrogen-bond acceptors (Lipinski definition) is 11. The SMILES string of the molecule is C=C1/C(=C\C=C2/CCC[C@@]3(C)C2CCC3[C@@H](C)/C=C/C(OC(=O)NCCCCCCNC(=O)O[C@H]2[C@]34O[C@H]3C[C@H]3C5=C(CC[C@]3(C)[C@@]43O[C@H]3C[C@@]2(O)C(C)C)C(=O)OC5)C2CC2)C[C@@H](O)C[C@@H]1O. The molecule has 13 heteroatoms. The van der Waals surface area contributed by atoms with Gasteiger partial charge in [0.05, 0.1) is 24.4 Å². The summed E-state index contributed by atoms with van der Waals surface area (Å²) >= 11 is 0. The van der Waals surface area contributed by atoms with Crippen molar-refractivity contribution in [1.29, 1.82) is 0 Å². The average molecular weight is 943 g/mol. The fourth-order valence-corrected chi connectivity index (χ4v) is 15.4. The van der Waals surface area contributed by atoms with Crippen LogP contribution in [0.15, 0.2) is 58.7 Å². The van der Waals surface area contributed by atoms with Crippen LogP contribution in [-0.2, 0) is 28.5 Å². The normalized spacial score (nSPS) is 43.2. The van der Waals surface area contributed by atoms with E-state index in [9.17, 15) is 29.7 Å². The molecule has 0 radical (unpaired) electrons. The number of aliphatic hydroxyl groups excluding tert-OH is 2. The Morgan fingerprint density at radius 2 is 1.65 bits per heavy atom. The summed E-state index contributed by atoms with van der Waals surface area (Å²) in [6.07, 6.45) is 19.5. The topological polar surface area (TPSA) is 189 Å². The molecule has 3 unspecified atom stereocenters. The molecule has 0 aromatic rings. The Hall–Kier alpha value is -3.49. The van der Waals surface area contributed by atoms with Crippen molar-refractivity contribution in [3.8, 4) is 0 Å². The van der Waals surface area contributed by atoms with Gasteiger partial charge in [0.15, 0.2) is 11.7 Å². The highest BCUT2D eigenvalue weighted by molar-refractivity contribution is 5.92. The summed E-state index contributed by atoms with van der Waals surface area (Å²) in [4.78, 5) is 39.0. The first-order valence-corrected chi connectivity index (χ1v) is 26.5. The molecule has 13 nitrogen and oxygen atoms in total. The number of rotatable bonds is 15. The van der Waals surface area contributed by atoms with Crippen LogP contribution < -0.4 is 10.6 Å². The lowest BCUT2D eigenvalue weighted by atomic mass is 9.46. The minimum absolute atomic E-state index is 0.0721. The second-order valence-corrected chi connectivity index (χ2v) is 23.5. The van der Waals surface area contributed by atoms with E-state index in [1.165, 1.54) is 18.4 Å². The monoisotopic (exact) mass is 943 g/mol. The number of unbranched alkanes of at least 4 members (excludes halogenated alkanes) is 3. The molecule has 10 aliphatic rings. The van der Waals surface area contributed by atoms with Crippen LogP contribution in [0.4, 0.5) is 9.59 Å². The highest BCUT2D eigenvalue weighted by Gasteiger charge is 2.95. The number of nitrogens with one attached hydrogen (secondary N) is 2. The van der Waals surface area contributed by atoms with Crippen molar-refractivity contribution >= 4 is 18.2 Å². The van der Waals surface area contributed by atoms with Crippen molar-refractivity contribution in [2.24, 2.45) is 46.3 Å². The molecule has 10 rings (SSSR count). The van der Waals surface area contributed by atoms with Crippen molar-refractivity contribution in [2.75, 3.05) is 19.7 Å². The van der Waals surface area contributed by atoms with E-state index in [0.29, 0.717) is 75.5 Å². The van der Waals surface area contributed by atoms with Gasteiger partial charge in [0.25, 0.3) is 0 Å². The number of ether oxygens (including phenoxy) is 5. The van der Waals surface area contributed by atoms with Gasteiger partial charge in [-0.25, -0.2) is 14.4 Å². The molecule has 2 spiro atoms. The molecule has 0 bridgehead atoms. The third kappa shape index (κ3) is 7.95. The van der Waals surface area contributed by atoms with Crippen molar-refractivity contribution in [2.45, 2.75) is 197 Å². The number of fused-ring (bicyclic) bond motifs is 3. The molecule has 68 heavy (non-hydrogen) atoms. The standard InChI is InChI=1S/C55H78N2O11/c1-31(2)53(63)29-46-55(68-46)52(6)23-21-38-39(30-64-47(38)60)42(52)28-45-54(55,67-45)48(53)66-50(62)57-25-10-8-7-9-24-56-49(61)65-44(35-15-16-35)20-13-32(3)40-18-19-41-34(12-11-22-51(40,41)5)14-17-36-26-37(58)27-43(59)33(36)4/h13-14,17,20,31-32,35,37,40-46,48,58-59,63H,4,7-12,15-16,18-19,21-30H2,1-3,5-6H3,(H,56,61)(H,57,62)/b20-13+,34-14+,36-17-/t32-,37+,40?,41?,42-,43-,44?,45-,46-,48+,51+,52-,53+,54+,55+/m0/s1. The van der Waals surface area contributed by atoms with Crippen LogP contribution in [0.5, 0.6) is 0 Å². The Morgan fingerprint density at radius 3 is 2.38 bits per heavy atom. The van der Waals surface area contributed by atoms with Gasteiger partial charge in [0, 0.05) is 36.9 Å². The molecule has 7 aliphatic carbocycles. The molecule has 2 saturated heterocycles. The maximum atomic E-state index is 13.5. The number of cyclic esters (lactones) is 1. The first kappa shape index (κ1) is 48.2. The molecule has 15 atom stereocenters. The van der Waals surface area contributed by atoms with Gasteiger partial charge in [-0.1, -0.05) is 77.8 Å². The fourth-order valence-electron chi connectivity index (χ4n) is 15.4. The minimum atomic E-state index is -1.33. The van der Waals surface area contributed by atoms with E-state index in [1.807, 2.05) is 13.8 Å². The molecule has 3 aliphatic heterocycles. The molecule has 374 valence electrons. The summed E-state index contributed by atoms with van der Waals surface area (Å²) in [6, 6.07) is 0. The lowest BCUT2D eigenvalue weighted by molar-refractivity contribution is -0.180. The fraction of sp³-hybridized carbons (Fsp3) is 0.764. The molecule has 5 N–H and O–H groups in total. The minimum Gasteiger partial charge on any atom is -0.458 e. The van der Waals surface area contributed by atoms with Crippen LogP contribution in [0.25, 0.3) is 0 Å². The Labute approximate surface area is 402 Å². The quantitative estimate of drug-likeness (QED) is 0.0350. The summed E-state index contributed by atoms with van der Waals surface area (Å²) in [5, 5.41) is 38.8. The van der Waals surface area contributed by atoms with E-state index < -0.39 is 41.2 Å². The molecule has 8 fully saturated rings. The van der Waals surface area contributed by atoms with Gasteiger partial charge in [-0.3, -0.25) is 0 Å². The smallest absolute Gasteiger partial charge is 0.407 e. The van der Waals surface area contributed by atoms with E-state index in [-0.39, 0.29) is 53.0 Å². The number of esters is 1. The molecule has 3 heterocycles. The Bertz CT molecular complexity index is 2160. The predicted molar refractivity (Wildman–Crippen MR) is 254 cm³/mol. The number of carbonyl (C=O) groups is 3. The summed E-state index contributed by atoms with van der Waals surface area (Å²) in [5.74, 6) is 1.43. The van der Waals surface area contributed by atoms with Gasteiger partial charge in [0.2, 0.25) is 0 Å². The molecule has 0 aromatic heterocycles. The van der Waals surface area contributed by atoms with Crippen LogP contribution in [0, 0.1) is 46.3 Å². The van der Waals surface area contributed by atoms with Gasteiger partial charge in [0.1, 0.15) is 23.9 Å². The zero-order chi connectivity index (χ0) is 48.0. The van der Waals surface area contributed by atoms with E-state index >= 15 is 0 Å².